The minimum atomic E-state index is -0.429. The highest BCUT2D eigenvalue weighted by Gasteiger charge is 2.16. The highest BCUT2D eigenvalue weighted by atomic mass is 35.5. The Morgan fingerprint density at radius 1 is 1.56 bits per heavy atom. The van der Waals surface area contributed by atoms with Crippen LogP contribution in [0.2, 0.25) is 5.02 Å². The Morgan fingerprint density at radius 2 is 2.25 bits per heavy atom. The molecule has 0 aliphatic carbocycles. The highest BCUT2D eigenvalue weighted by Crippen LogP contribution is 2.23. The monoisotopic (exact) mass is 242 g/mol. The molecule has 0 fully saturated rings. The van der Waals surface area contributed by atoms with Gasteiger partial charge in [0.15, 0.2) is 0 Å². The van der Waals surface area contributed by atoms with E-state index in [0.29, 0.717) is 17.9 Å². The van der Waals surface area contributed by atoms with Gasteiger partial charge in [-0.1, -0.05) is 24.6 Å². The minimum Gasteiger partial charge on any atom is -0.392 e. The van der Waals surface area contributed by atoms with Crippen LogP contribution in [0.15, 0.2) is 12.7 Å². The van der Waals surface area contributed by atoms with E-state index in [1.165, 1.54) is 0 Å². The van der Waals surface area contributed by atoms with Crippen molar-refractivity contribution in [2.45, 2.75) is 45.8 Å². The van der Waals surface area contributed by atoms with Crippen molar-refractivity contribution in [3.05, 3.63) is 29.1 Å². The standard InChI is InChI=1S/C12H19ClN2O/c1-4-7-9(16)8-11-12(13)10(5-2)14-15(11)6-3/h4,9,16H,1,5-8H2,2-3H3. The molecule has 0 saturated heterocycles. The predicted octanol–water partition coefficient (Wildman–Crippen LogP) is 2.60. The second kappa shape index (κ2) is 6.06. The first-order chi connectivity index (χ1) is 7.63. The number of hydrogen-bond donors (Lipinski definition) is 1. The molecule has 1 unspecified atom stereocenters. The molecular formula is C12H19ClN2O. The second-order valence-corrected chi connectivity index (χ2v) is 4.14. The average molecular weight is 243 g/mol. The summed E-state index contributed by atoms with van der Waals surface area (Å²) >= 11 is 6.23. The van der Waals surface area contributed by atoms with Crippen LogP contribution in [0, 0.1) is 0 Å². The van der Waals surface area contributed by atoms with Crippen LogP contribution in [0.25, 0.3) is 0 Å². The van der Waals surface area contributed by atoms with Crippen LogP contribution in [0.3, 0.4) is 0 Å². The summed E-state index contributed by atoms with van der Waals surface area (Å²) in [6.45, 7) is 8.43. The van der Waals surface area contributed by atoms with Gasteiger partial charge in [0, 0.05) is 13.0 Å². The summed E-state index contributed by atoms with van der Waals surface area (Å²) in [5.74, 6) is 0. The molecule has 90 valence electrons. The van der Waals surface area contributed by atoms with Gasteiger partial charge >= 0.3 is 0 Å². The maximum Gasteiger partial charge on any atom is 0.0850 e. The molecule has 0 spiro atoms. The lowest BCUT2D eigenvalue weighted by molar-refractivity contribution is 0.175. The fourth-order valence-electron chi connectivity index (χ4n) is 1.71. The van der Waals surface area contributed by atoms with E-state index in [1.54, 1.807) is 6.08 Å². The molecule has 0 amide bonds. The predicted molar refractivity (Wildman–Crippen MR) is 66.8 cm³/mol. The van der Waals surface area contributed by atoms with Crippen LogP contribution < -0.4 is 0 Å². The van der Waals surface area contributed by atoms with Gasteiger partial charge in [0.2, 0.25) is 0 Å². The normalized spacial score (nSPS) is 12.8. The molecule has 1 rings (SSSR count). The first-order valence-electron chi connectivity index (χ1n) is 5.66. The smallest absolute Gasteiger partial charge is 0.0850 e. The van der Waals surface area contributed by atoms with Crippen molar-refractivity contribution >= 4 is 11.6 Å². The van der Waals surface area contributed by atoms with Crippen LogP contribution >= 0.6 is 11.6 Å². The summed E-state index contributed by atoms with van der Waals surface area (Å²) in [6, 6.07) is 0. The van der Waals surface area contributed by atoms with Crippen molar-refractivity contribution in [1.82, 2.24) is 9.78 Å². The number of aliphatic hydroxyl groups excluding tert-OH is 1. The zero-order valence-electron chi connectivity index (χ0n) is 9.91. The molecule has 0 bridgehead atoms. The summed E-state index contributed by atoms with van der Waals surface area (Å²) in [5, 5.41) is 14.9. The van der Waals surface area contributed by atoms with E-state index in [4.69, 9.17) is 11.6 Å². The van der Waals surface area contributed by atoms with E-state index >= 15 is 0 Å². The van der Waals surface area contributed by atoms with Crippen molar-refractivity contribution in [1.29, 1.82) is 0 Å². The lowest BCUT2D eigenvalue weighted by Crippen LogP contribution is -2.13. The molecule has 1 heterocycles. The van der Waals surface area contributed by atoms with Gasteiger partial charge in [-0.05, 0) is 19.8 Å². The Balaban J connectivity index is 2.92. The first-order valence-corrected chi connectivity index (χ1v) is 6.04. The lowest BCUT2D eigenvalue weighted by atomic mass is 10.1. The highest BCUT2D eigenvalue weighted by molar-refractivity contribution is 6.31. The van der Waals surface area contributed by atoms with E-state index in [2.05, 4.69) is 11.7 Å². The molecule has 1 atom stereocenters. The van der Waals surface area contributed by atoms with Crippen molar-refractivity contribution in [3.63, 3.8) is 0 Å². The molecule has 0 radical (unpaired) electrons. The number of aryl methyl sites for hydroxylation is 2. The van der Waals surface area contributed by atoms with E-state index in [0.717, 1.165) is 24.4 Å². The molecule has 0 aliphatic heterocycles. The Hall–Kier alpha value is -0.800. The zero-order valence-corrected chi connectivity index (χ0v) is 10.7. The van der Waals surface area contributed by atoms with Gasteiger partial charge < -0.3 is 5.11 Å². The van der Waals surface area contributed by atoms with Gasteiger partial charge in [0.25, 0.3) is 0 Å². The molecule has 3 nitrogen and oxygen atoms in total. The largest absolute Gasteiger partial charge is 0.392 e. The summed E-state index contributed by atoms with van der Waals surface area (Å²) in [6.07, 6.45) is 3.21. The Kier molecular flexibility index (Phi) is 5.03. The average Bonchev–Trinajstić information content (AvgIpc) is 2.56. The van der Waals surface area contributed by atoms with Gasteiger partial charge in [-0.15, -0.1) is 6.58 Å². The number of aromatic nitrogens is 2. The van der Waals surface area contributed by atoms with E-state index in [-0.39, 0.29) is 0 Å². The Labute approximate surface area is 102 Å². The molecule has 0 aromatic carbocycles. The van der Waals surface area contributed by atoms with Crippen molar-refractivity contribution in [2.75, 3.05) is 0 Å². The molecular weight excluding hydrogens is 224 g/mol. The summed E-state index contributed by atoms with van der Waals surface area (Å²) in [5.41, 5.74) is 1.83. The SMILES string of the molecule is C=CCC(O)Cc1c(Cl)c(CC)nn1CC. The molecule has 1 N–H and O–H groups in total. The van der Waals surface area contributed by atoms with E-state index < -0.39 is 6.10 Å². The molecule has 1 aromatic rings. The van der Waals surface area contributed by atoms with Crippen molar-refractivity contribution in [2.24, 2.45) is 0 Å². The lowest BCUT2D eigenvalue weighted by Gasteiger charge is -2.09. The zero-order chi connectivity index (χ0) is 12.1. The molecule has 1 aromatic heterocycles. The van der Waals surface area contributed by atoms with Crippen LogP contribution in [0.1, 0.15) is 31.7 Å². The van der Waals surface area contributed by atoms with Crippen LogP contribution in [0.4, 0.5) is 0 Å². The number of halogens is 1. The third-order valence-corrected chi connectivity index (χ3v) is 3.00. The molecule has 0 saturated carbocycles. The van der Waals surface area contributed by atoms with Gasteiger partial charge in [-0.3, -0.25) is 4.68 Å². The molecule has 4 heteroatoms. The number of hydrogen-bond acceptors (Lipinski definition) is 2. The quantitative estimate of drug-likeness (QED) is 0.779. The van der Waals surface area contributed by atoms with Crippen LogP contribution in [-0.2, 0) is 19.4 Å². The minimum absolute atomic E-state index is 0.429. The fourth-order valence-corrected chi connectivity index (χ4v) is 2.06. The molecule has 16 heavy (non-hydrogen) atoms. The topological polar surface area (TPSA) is 38.1 Å². The first kappa shape index (κ1) is 13.3. The van der Waals surface area contributed by atoms with Crippen molar-refractivity contribution in [3.8, 4) is 0 Å². The Morgan fingerprint density at radius 3 is 2.75 bits per heavy atom. The maximum atomic E-state index is 9.76. The number of rotatable bonds is 6. The van der Waals surface area contributed by atoms with Gasteiger partial charge in [0.05, 0.1) is 22.5 Å². The summed E-state index contributed by atoms with van der Waals surface area (Å²) in [4.78, 5) is 0. The van der Waals surface area contributed by atoms with Gasteiger partial charge in [0.1, 0.15) is 0 Å². The fraction of sp³-hybridized carbons (Fsp3) is 0.583. The molecule has 0 aliphatic rings. The van der Waals surface area contributed by atoms with E-state index in [1.807, 2.05) is 18.5 Å². The number of nitrogens with zero attached hydrogens (tertiary/aromatic N) is 2. The summed E-state index contributed by atoms with van der Waals surface area (Å²) < 4.78 is 1.87. The van der Waals surface area contributed by atoms with Crippen LogP contribution in [0.5, 0.6) is 0 Å². The van der Waals surface area contributed by atoms with Crippen molar-refractivity contribution < 1.29 is 5.11 Å². The van der Waals surface area contributed by atoms with Crippen LogP contribution in [-0.4, -0.2) is 21.0 Å². The van der Waals surface area contributed by atoms with E-state index in [9.17, 15) is 5.11 Å². The summed E-state index contributed by atoms with van der Waals surface area (Å²) in [7, 11) is 0. The van der Waals surface area contributed by atoms with Gasteiger partial charge in [-0.2, -0.15) is 5.10 Å². The number of aliphatic hydroxyl groups is 1. The maximum absolute atomic E-state index is 9.76. The Bertz CT molecular complexity index is 360. The third kappa shape index (κ3) is 2.86. The van der Waals surface area contributed by atoms with Gasteiger partial charge in [-0.25, -0.2) is 0 Å². The second-order valence-electron chi connectivity index (χ2n) is 3.76. The third-order valence-electron chi connectivity index (χ3n) is 2.56.